The van der Waals surface area contributed by atoms with Crippen LogP contribution in [-0.2, 0) is 19.1 Å². The van der Waals surface area contributed by atoms with E-state index in [1.54, 1.807) is 19.1 Å². The molecule has 0 spiro atoms. The maximum atomic E-state index is 13.6. The summed E-state index contributed by atoms with van der Waals surface area (Å²) in [6, 6.07) is 0. The topological polar surface area (TPSA) is 101 Å². The van der Waals surface area contributed by atoms with Gasteiger partial charge in [-0.15, -0.1) is 0 Å². The van der Waals surface area contributed by atoms with E-state index in [0.717, 1.165) is 30.4 Å². The van der Waals surface area contributed by atoms with Gasteiger partial charge in [-0.3, -0.25) is 9.59 Å². The maximum Gasteiger partial charge on any atom is 0.331 e. The first-order chi connectivity index (χ1) is 22.0. The lowest BCUT2D eigenvalue weighted by atomic mass is 9.46. The van der Waals surface area contributed by atoms with Crippen LogP contribution in [0.3, 0.4) is 0 Å². The van der Waals surface area contributed by atoms with Crippen LogP contribution in [-0.4, -0.2) is 46.1 Å². The smallest absolute Gasteiger partial charge is 0.331 e. The van der Waals surface area contributed by atoms with Crippen molar-refractivity contribution in [1.82, 2.24) is 0 Å². The van der Waals surface area contributed by atoms with E-state index >= 15 is 0 Å². The van der Waals surface area contributed by atoms with Crippen molar-refractivity contribution < 1.29 is 29.3 Å². The van der Waals surface area contributed by atoms with Crippen molar-refractivity contribution in [2.75, 3.05) is 6.61 Å². The van der Waals surface area contributed by atoms with Crippen molar-refractivity contribution in [2.45, 2.75) is 112 Å². The summed E-state index contributed by atoms with van der Waals surface area (Å²) in [5, 5.41) is 23.5. The molecule has 0 aromatic carbocycles. The standard InChI is InChI=1S/C41H54O6/c1-26(13-16-32-28(3)12-9-19-38(32,4)5)10-8-11-27(2)22-36(45)47-25-35(44)41(46)21-18-33-31-15-14-29-23-30(42)17-20-39(29,6)37(31)34(43)24-40(33,41)7/h8,10-11,13,16-17,20,22-23,31,33-34,37,43,46H,9,12,14-15,18-19,21,24-25H2,1-7H3/b11-8+,16-13+,26-10+,27-22+/t31-,33-,34-,37+,39-,40-,41-/m0/s1. The number of allylic oxidation sites excluding steroid dienone is 13. The number of carbonyl (C=O) groups excluding carboxylic acids is 3. The summed E-state index contributed by atoms with van der Waals surface area (Å²) in [5.74, 6) is -1.08. The molecule has 6 nitrogen and oxygen atoms in total. The Kier molecular flexibility index (Phi) is 9.80. The Balaban J connectivity index is 1.19. The molecule has 6 heteroatoms. The Morgan fingerprint density at radius 1 is 1.04 bits per heavy atom. The van der Waals surface area contributed by atoms with Gasteiger partial charge in [0.15, 0.2) is 12.4 Å². The SMILES string of the molecule is CC1=C(/C=C/C(C)=C/C=C/C(C)=C/C(=O)OCC(=O)[C@@]2(O)CC[C@H]3[C@@H]4CCC5=CC(=O)C=C[C@]5(C)[C@H]4[C@@H](O)C[C@@]32C)C(C)(C)CCC1. The fraction of sp³-hybridized carbons (Fsp3) is 0.585. The molecule has 5 rings (SSSR count). The number of hydrogen-bond acceptors (Lipinski definition) is 6. The zero-order valence-corrected chi connectivity index (χ0v) is 29.4. The number of ether oxygens (including phenoxy) is 1. The van der Waals surface area contributed by atoms with Crippen LogP contribution in [0.1, 0.15) is 99.8 Å². The van der Waals surface area contributed by atoms with Crippen LogP contribution >= 0.6 is 0 Å². The third kappa shape index (κ3) is 6.53. The third-order valence-electron chi connectivity index (χ3n) is 12.6. The molecule has 0 saturated heterocycles. The minimum absolute atomic E-state index is 0.00975. The predicted molar refractivity (Wildman–Crippen MR) is 185 cm³/mol. The highest BCUT2D eigenvalue weighted by molar-refractivity contribution is 6.01. The van der Waals surface area contributed by atoms with Gasteiger partial charge in [-0.05, 0) is 113 Å². The molecular weight excluding hydrogens is 588 g/mol. The highest BCUT2D eigenvalue weighted by Gasteiger charge is 2.68. The van der Waals surface area contributed by atoms with Crippen LogP contribution in [0.5, 0.6) is 0 Å². The first-order valence-corrected chi connectivity index (χ1v) is 17.5. The minimum Gasteiger partial charge on any atom is -0.454 e. The van der Waals surface area contributed by atoms with Crippen molar-refractivity contribution in [3.05, 3.63) is 82.5 Å². The number of carbonyl (C=O) groups is 3. The summed E-state index contributed by atoms with van der Waals surface area (Å²) in [7, 11) is 0. The molecule has 0 aromatic heterocycles. The van der Waals surface area contributed by atoms with Crippen LogP contribution in [0.4, 0.5) is 0 Å². The van der Waals surface area contributed by atoms with Gasteiger partial charge in [0.05, 0.1) is 6.10 Å². The number of aliphatic hydroxyl groups is 2. The van der Waals surface area contributed by atoms with Gasteiger partial charge in [-0.2, -0.15) is 0 Å². The molecule has 5 aliphatic rings. The highest BCUT2D eigenvalue weighted by atomic mass is 16.5. The fourth-order valence-corrected chi connectivity index (χ4v) is 9.95. The van der Waals surface area contributed by atoms with E-state index < -0.39 is 40.9 Å². The van der Waals surface area contributed by atoms with E-state index in [0.29, 0.717) is 12.0 Å². The maximum absolute atomic E-state index is 13.6. The molecule has 0 aliphatic heterocycles. The van der Waals surface area contributed by atoms with E-state index in [2.05, 4.69) is 39.8 Å². The monoisotopic (exact) mass is 642 g/mol. The second kappa shape index (κ2) is 13.1. The molecule has 254 valence electrons. The Bertz CT molecular complexity index is 1530. The average Bonchev–Trinajstić information content (AvgIpc) is 3.26. The predicted octanol–water partition coefficient (Wildman–Crippen LogP) is 7.64. The van der Waals surface area contributed by atoms with Crippen molar-refractivity contribution >= 4 is 17.5 Å². The molecule has 5 aliphatic carbocycles. The van der Waals surface area contributed by atoms with E-state index in [-0.39, 0.29) is 41.8 Å². The van der Waals surface area contributed by atoms with Crippen molar-refractivity contribution in [1.29, 1.82) is 0 Å². The molecule has 0 bridgehead atoms. The molecule has 0 unspecified atom stereocenters. The van der Waals surface area contributed by atoms with Gasteiger partial charge in [0, 0.05) is 22.8 Å². The van der Waals surface area contributed by atoms with Gasteiger partial charge in [-0.25, -0.2) is 4.79 Å². The van der Waals surface area contributed by atoms with Crippen LogP contribution in [0.15, 0.2) is 82.5 Å². The summed E-state index contributed by atoms with van der Waals surface area (Å²) >= 11 is 0. The number of Topliss-reactive ketones (excluding diaryl/α,β-unsaturated/α-hetero) is 1. The second-order valence-electron chi connectivity index (χ2n) is 16.1. The molecule has 3 saturated carbocycles. The second-order valence-corrected chi connectivity index (χ2v) is 16.1. The Morgan fingerprint density at radius 2 is 1.79 bits per heavy atom. The van der Waals surface area contributed by atoms with Gasteiger partial charge in [0.25, 0.3) is 0 Å². The molecule has 7 atom stereocenters. The Morgan fingerprint density at radius 3 is 2.51 bits per heavy atom. The number of aliphatic hydroxyl groups excluding tert-OH is 1. The quantitative estimate of drug-likeness (QED) is 0.160. The molecule has 0 heterocycles. The number of rotatable bonds is 8. The summed E-state index contributed by atoms with van der Waals surface area (Å²) in [5.41, 5.74) is 2.99. The third-order valence-corrected chi connectivity index (χ3v) is 12.6. The molecule has 2 N–H and O–H groups in total. The van der Waals surface area contributed by atoms with E-state index in [9.17, 15) is 24.6 Å². The molecular formula is C41H54O6. The van der Waals surface area contributed by atoms with E-state index in [1.807, 2.05) is 38.2 Å². The van der Waals surface area contributed by atoms with E-state index in [1.165, 1.54) is 30.1 Å². The summed E-state index contributed by atoms with van der Waals surface area (Å²) in [4.78, 5) is 38.3. The van der Waals surface area contributed by atoms with Crippen molar-refractivity contribution in [3.63, 3.8) is 0 Å². The lowest BCUT2D eigenvalue weighted by molar-refractivity contribution is -0.180. The first-order valence-electron chi connectivity index (χ1n) is 17.5. The van der Waals surface area contributed by atoms with Crippen molar-refractivity contribution in [3.8, 4) is 0 Å². The first kappa shape index (κ1) is 35.2. The fourth-order valence-electron chi connectivity index (χ4n) is 9.95. The largest absolute Gasteiger partial charge is 0.454 e. The van der Waals surface area contributed by atoms with Crippen LogP contribution in [0.2, 0.25) is 0 Å². The van der Waals surface area contributed by atoms with Gasteiger partial charge in [0.2, 0.25) is 5.78 Å². The number of hydrogen-bond donors (Lipinski definition) is 2. The van der Waals surface area contributed by atoms with Crippen LogP contribution < -0.4 is 0 Å². The zero-order valence-electron chi connectivity index (χ0n) is 29.4. The Hall–Kier alpha value is -3.09. The van der Waals surface area contributed by atoms with Crippen molar-refractivity contribution in [2.24, 2.45) is 34.0 Å². The van der Waals surface area contributed by atoms with Gasteiger partial charge >= 0.3 is 5.97 Å². The normalized spacial score (nSPS) is 37.1. The van der Waals surface area contributed by atoms with Gasteiger partial charge in [0.1, 0.15) is 5.60 Å². The van der Waals surface area contributed by atoms with E-state index in [4.69, 9.17) is 4.74 Å². The molecule has 0 radical (unpaired) electrons. The highest BCUT2D eigenvalue weighted by Crippen LogP contribution is 2.67. The number of esters is 1. The number of fused-ring (bicyclic) bond motifs is 5. The summed E-state index contributed by atoms with van der Waals surface area (Å²) in [6.07, 6.45) is 22.4. The summed E-state index contributed by atoms with van der Waals surface area (Å²) in [6.45, 7) is 14.2. The lowest BCUT2D eigenvalue weighted by Crippen LogP contribution is -2.61. The summed E-state index contributed by atoms with van der Waals surface area (Å²) < 4.78 is 5.37. The number of ketones is 2. The average molecular weight is 643 g/mol. The van der Waals surface area contributed by atoms with Gasteiger partial charge < -0.3 is 14.9 Å². The molecule has 0 amide bonds. The van der Waals surface area contributed by atoms with Crippen LogP contribution in [0.25, 0.3) is 0 Å². The molecule has 0 aromatic rings. The lowest BCUT2D eigenvalue weighted by Gasteiger charge is -2.59. The van der Waals surface area contributed by atoms with Crippen LogP contribution in [0, 0.1) is 34.0 Å². The molecule has 47 heavy (non-hydrogen) atoms. The Labute approximate surface area is 281 Å². The van der Waals surface area contributed by atoms with Gasteiger partial charge in [-0.1, -0.05) is 80.9 Å². The molecule has 3 fully saturated rings. The zero-order chi connectivity index (χ0) is 34.4. The minimum atomic E-state index is -1.69.